The van der Waals surface area contributed by atoms with E-state index in [2.05, 4.69) is 25.8 Å². The zero-order valence-corrected chi connectivity index (χ0v) is 12.0. The second kappa shape index (κ2) is 8.11. The van der Waals surface area contributed by atoms with Gasteiger partial charge >= 0.3 is 5.97 Å². The van der Waals surface area contributed by atoms with Crippen LogP contribution in [0.15, 0.2) is 24.3 Å². The lowest BCUT2D eigenvalue weighted by molar-refractivity contribution is 0.0697. The summed E-state index contributed by atoms with van der Waals surface area (Å²) in [6.45, 7) is 6.37. The monoisotopic (exact) mass is 271 g/mol. The minimum atomic E-state index is -0.871. The van der Waals surface area contributed by atoms with E-state index >= 15 is 0 Å². The molecule has 1 aromatic carbocycles. The Bertz CT molecular complexity index is 365. The number of hydrogen-bond acceptors (Lipinski definition) is 2. The van der Waals surface area contributed by atoms with Crippen molar-refractivity contribution in [3.8, 4) is 0 Å². The van der Waals surface area contributed by atoms with E-state index in [9.17, 15) is 4.79 Å². The van der Waals surface area contributed by atoms with Crippen molar-refractivity contribution in [1.82, 2.24) is 4.90 Å². The quantitative estimate of drug-likeness (QED) is 0.863. The maximum Gasteiger partial charge on any atom is 0.335 e. The molecule has 0 radical (unpaired) electrons. The first-order valence-corrected chi connectivity index (χ1v) is 6.03. The molecule has 1 aromatic rings. The number of carbonyl (C=O) groups is 1. The average molecular weight is 272 g/mol. The van der Waals surface area contributed by atoms with E-state index in [1.807, 2.05) is 12.1 Å². The summed E-state index contributed by atoms with van der Waals surface area (Å²) in [6.07, 6.45) is 1.18. The van der Waals surface area contributed by atoms with E-state index in [1.54, 1.807) is 12.1 Å². The molecule has 0 heterocycles. The number of benzene rings is 1. The predicted octanol–water partition coefficient (Wildman–Crippen LogP) is 3.28. The van der Waals surface area contributed by atoms with Crippen molar-refractivity contribution >= 4 is 18.4 Å². The van der Waals surface area contributed by atoms with Gasteiger partial charge < -0.3 is 10.0 Å². The maximum atomic E-state index is 10.7. The van der Waals surface area contributed by atoms with E-state index in [-0.39, 0.29) is 12.4 Å². The fraction of sp³-hybridized carbons (Fsp3) is 0.500. The molecule has 0 amide bonds. The predicted molar refractivity (Wildman–Crippen MR) is 76.4 cm³/mol. The van der Waals surface area contributed by atoms with E-state index in [0.717, 1.165) is 18.7 Å². The molecule has 4 heteroatoms. The first kappa shape index (κ1) is 16.9. The highest BCUT2D eigenvalue weighted by Gasteiger charge is 2.06. The second-order valence-corrected chi connectivity index (χ2v) is 4.71. The summed E-state index contributed by atoms with van der Waals surface area (Å²) in [6, 6.07) is 7.09. The van der Waals surface area contributed by atoms with Gasteiger partial charge in [0.25, 0.3) is 0 Å². The largest absolute Gasteiger partial charge is 0.478 e. The molecule has 102 valence electrons. The highest BCUT2D eigenvalue weighted by atomic mass is 35.5. The van der Waals surface area contributed by atoms with Gasteiger partial charge in [-0.25, -0.2) is 4.79 Å². The molecule has 0 aliphatic rings. The molecule has 1 N–H and O–H groups in total. The Morgan fingerprint density at radius 2 is 1.89 bits per heavy atom. The summed E-state index contributed by atoms with van der Waals surface area (Å²) < 4.78 is 0. The van der Waals surface area contributed by atoms with Gasteiger partial charge in [-0.1, -0.05) is 32.4 Å². The Morgan fingerprint density at radius 1 is 1.33 bits per heavy atom. The van der Waals surface area contributed by atoms with Crippen molar-refractivity contribution in [2.24, 2.45) is 5.92 Å². The molecule has 3 nitrogen and oxygen atoms in total. The summed E-state index contributed by atoms with van der Waals surface area (Å²) in [5.41, 5.74) is 1.50. The molecule has 0 aliphatic carbocycles. The lowest BCUT2D eigenvalue weighted by Gasteiger charge is -2.20. The molecule has 0 saturated heterocycles. The van der Waals surface area contributed by atoms with Crippen LogP contribution in [0.2, 0.25) is 0 Å². The number of hydrogen-bond donors (Lipinski definition) is 1. The van der Waals surface area contributed by atoms with E-state index in [1.165, 1.54) is 6.42 Å². The highest BCUT2D eigenvalue weighted by molar-refractivity contribution is 5.87. The Balaban J connectivity index is 0.00000289. The van der Waals surface area contributed by atoms with Crippen LogP contribution in [-0.2, 0) is 6.54 Å². The van der Waals surface area contributed by atoms with Gasteiger partial charge in [-0.2, -0.15) is 0 Å². The molecule has 0 bridgehead atoms. The standard InChI is InChI=1S/C14H21NO2.ClH/c1-4-11(2)9-15(3)10-12-5-7-13(8-6-12)14(16)17;/h5-8,11H,4,9-10H2,1-3H3,(H,16,17);1H/t11-;/m0./s1. The van der Waals surface area contributed by atoms with Gasteiger partial charge in [0.1, 0.15) is 0 Å². The molecule has 1 rings (SSSR count). The molecule has 1 atom stereocenters. The van der Waals surface area contributed by atoms with Crippen LogP contribution in [0, 0.1) is 5.92 Å². The fourth-order valence-electron chi connectivity index (χ4n) is 1.79. The van der Waals surface area contributed by atoms with E-state index < -0.39 is 5.97 Å². The fourth-order valence-corrected chi connectivity index (χ4v) is 1.79. The molecule has 0 unspecified atom stereocenters. The SMILES string of the molecule is CC[C@H](C)CN(C)Cc1ccc(C(=O)O)cc1.Cl. The van der Waals surface area contributed by atoms with Crippen LogP contribution in [0.3, 0.4) is 0 Å². The minimum absolute atomic E-state index is 0. The molecular weight excluding hydrogens is 250 g/mol. The van der Waals surface area contributed by atoms with Gasteiger partial charge in [-0.15, -0.1) is 12.4 Å². The van der Waals surface area contributed by atoms with Crippen LogP contribution in [0.4, 0.5) is 0 Å². The van der Waals surface area contributed by atoms with Gasteiger partial charge in [0.05, 0.1) is 5.56 Å². The Labute approximate surface area is 115 Å². The Kier molecular flexibility index (Phi) is 7.64. The Hall–Kier alpha value is -1.06. The van der Waals surface area contributed by atoms with Crippen LogP contribution in [0.25, 0.3) is 0 Å². The number of aromatic carboxylic acids is 1. The average Bonchev–Trinajstić information content (AvgIpc) is 2.29. The van der Waals surface area contributed by atoms with Crippen molar-refractivity contribution in [3.63, 3.8) is 0 Å². The van der Waals surface area contributed by atoms with Gasteiger partial charge in [0.2, 0.25) is 0 Å². The van der Waals surface area contributed by atoms with E-state index in [4.69, 9.17) is 5.11 Å². The molecule has 0 saturated carbocycles. The topological polar surface area (TPSA) is 40.5 Å². The summed E-state index contributed by atoms with van der Waals surface area (Å²) in [4.78, 5) is 13.0. The summed E-state index contributed by atoms with van der Waals surface area (Å²) in [5, 5.41) is 8.80. The van der Waals surface area contributed by atoms with Crippen molar-refractivity contribution in [3.05, 3.63) is 35.4 Å². The minimum Gasteiger partial charge on any atom is -0.478 e. The summed E-state index contributed by atoms with van der Waals surface area (Å²) >= 11 is 0. The molecule has 0 fully saturated rings. The molecular formula is C14H22ClNO2. The number of carboxylic acid groups (broad SMARTS) is 1. The third-order valence-electron chi connectivity index (χ3n) is 2.97. The van der Waals surface area contributed by atoms with Crippen LogP contribution < -0.4 is 0 Å². The highest BCUT2D eigenvalue weighted by Crippen LogP contribution is 2.09. The van der Waals surface area contributed by atoms with Gasteiger partial charge in [-0.3, -0.25) is 0 Å². The Morgan fingerprint density at radius 3 is 2.33 bits per heavy atom. The molecule has 0 aliphatic heterocycles. The summed E-state index contributed by atoms with van der Waals surface area (Å²) in [5.74, 6) is -0.178. The van der Waals surface area contributed by atoms with Crippen LogP contribution in [0.1, 0.15) is 36.2 Å². The van der Waals surface area contributed by atoms with Crippen LogP contribution in [-0.4, -0.2) is 29.6 Å². The first-order valence-electron chi connectivity index (χ1n) is 6.03. The molecule has 0 aromatic heterocycles. The second-order valence-electron chi connectivity index (χ2n) is 4.71. The molecule has 0 spiro atoms. The zero-order chi connectivity index (χ0) is 12.8. The number of halogens is 1. The molecule has 18 heavy (non-hydrogen) atoms. The van der Waals surface area contributed by atoms with Crippen molar-refractivity contribution < 1.29 is 9.90 Å². The number of nitrogens with zero attached hydrogens (tertiary/aromatic N) is 1. The number of rotatable bonds is 6. The third kappa shape index (κ3) is 5.52. The van der Waals surface area contributed by atoms with Gasteiger partial charge in [0, 0.05) is 13.1 Å². The summed E-state index contributed by atoms with van der Waals surface area (Å²) in [7, 11) is 2.09. The van der Waals surface area contributed by atoms with Crippen molar-refractivity contribution in [2.75, 3.05) is 13.6 Å². The third-order valence-corrected chi connectivity index (χ3v) is 2.97. The lowest BCUT2D eigenvalue weighted by atomic mass is 10.1. The van der Waals surface area contributed by atoms with Crippen molar-refractivity contribution in [2.45, 2.75) is 26.8 Å². The van der Waals surface area contributed by atoms with Crippen LogP contribution in [0.5, 0.6) is 0 Å². The number of carboxylic acids is 1. The smallest absolute Gasteiger partial charge is 0.335 e. The lowest BCUT2D eigenvalue weighted by Crippen LogP contribution is -2.23. The maximum absolute atomic E-state index is 10.7. The van der Waals surface area contributed by atoms with Crippen LogP contribution >= 0.6 is 12.4 Å². The first-order chi connectivity index (χ1) is 8.02. The normalized spacial score (nSPS) is 12.0. The van der Waals surface area contributed by atoms with E-state index in [0.29, 0.717) is 11.5 Å². The van der Waals surface area contributed by atoms with Crippen molar-refractivity contribution in [1.29, 1.82) is 0 Å². The van der Waals surface area contributed by atoms with Gasteiger partial charge in [0.15, 0.2) is 0 Å². The zero-order valence-electron chi connectivity index (χ0n) is 11.2. The van der Waals surface area contributed by atoms with Gasteiger partial charge in [-0.05, 0) is 30.7 Å².